The number of amides is 1. The fraction of sp³-hybridized carbons (Fsp3) is 0.360. The van der Waals surface area contributed by atoms with Gasteiger partial charge in [-0.2, -0.15) is 0 Å². The van der Waals surface area contributed by atoms with Crippen molar-refractivity contribution in [1.29, 1.82) is 0 Å². The molecule has 11 nitrogen and oxygen atoms in total. The number of carbonyl (C=O) groups excluding carboxylic acids is 1. The first-order valence-electron chi connectivity index (χ1n) is 11.7. The molecule has 1 N–H and O–H groups in total. The van der Waals surface area contributed by atoms with Gasteiger partial charge in [0.05, 0.1) is 23.6 Å². The van der Waals surface area contributed by atoms with Gasteiger partial charge in [-0.1, -0.05) is 26.8 Å². The third-order valence-electron chi connectivity index (χ3n) is 5.06. The monoisotopic (exact) mass is 595 g/mol. The maximum Gasteiger partial charge on any atom is 0.420 e. The highest BCUT2D eigenvalue weighted by Crippen LogP contribution is 2.39. The number of rotatable bonds is 7. The molecule has 3 aromatic heterocycles. The van der Waals surface area contributed by atoms with Crippen molar-refractivity contribution in [3.05, 3.63) is 66.4 Å². The Labute approximate surface area is 233 Å². The quantitative estimate of drug-likeness (QED) is 0.385. The molecule has 0 aliphatic carbocycles. The molecule has 0 spiro atoms. The minimum absolute atomic E-state index is 0.0186. The van der Waals surface area contributed by atoms with Crippen molar-refractivity contribution < 1.29 is 26.4 Å². The second-order valence-corrected chi connectivity index (χ2v) is 14.8. The number of halogens is 1. The number of hydrogen-bond donors (Lipinski definition) is 1. The van der Waals surface area contributed by atoms with E-state index in [0.717, 1.165) is 4.90 Å². The molecule has 0 aliphatic rings. The van der Waals surface area contributed by atoms with Crippen LogP contribution in [0.5, 0.6) is 0 Å². The second-order valence-electron chi connectivity index (χ2n) is 10.5. The molecule has 0 fully saturated rings. The molecule has 14 heteroatoms. The van der Waals surface area contributed by atoms with Crippen LogP contribution in [0.1, 0.15) is 52.9 Å². The van der Waals surface area contributed by atoms with Crippen molar-refractivity contribution >= 4 is 47.4 Å². The largest absolute Gasteiger partial charge is 0.443 e. The third-order valence-corrected chi connectivity index (χ3v) is 7.80. The Morgan fingerprint density at radius 1 is 1.00 bits per heavy atom. The van der Waals surface area contributed by atoms with E-state index in [-0.39, 0.29) is 39.2 Å². The number of hydrogen-bond acceptors (Lipinski definition) is 9. The summed E-state index contributed by atoms with van der Waals surface area (Å²) in [6.07, 6.45) is 3.11. The van der Waals surface area contributed by atoms with E-state index in [9.17, 15) is 21.6 Å². The first-order chi connectivity index (χ1) is 17.9. The molecule has 210 valence electrons. The number of nitrogens with zero attached hydrogens (tertiary/aromatic N) is 4. The van der Waals surface area contributed by atoms with Gasteiger partial charge in [-0.25, -0.2) is 36.2 Å². The number of ether oxygens (including phenoxy) is 1. The van der Waals surface area contributed by atoms with Gasteiger partial charge in [0, 0.05) is 34.7 Å². The lowest BCUT2D eigenvalue weighted by Crippen LogP contribution is -2.35. The molecular formula is C25H30ClN5O6S2. The average Bonchev–Trinajstić information content (AvgIpc) is 2.81. The lowest BCUT2D eigenvalue weighted by molar-refractivity contribution is 0.0597. The molecule has 0 saturated carbocycles. The van der Waals surface area contributed by atoms with E-state index in [1.807, 2.05) is 0 Å². The van der Waals surface area contributed by atoms with Crippen LogP contribution in [0, 0.1) is 0 Å². The lowest BCUT2D eigenvalue weighted by atomic mass is 9.91. The van der Waals surface area contributed by atoms with E-state index in [0.29, 0.717) is 0 Å². The number of pyridine rings is 3. The van der Waals surface area contributed by atoms with Crippen molar-refractivity contribution in [3.8, 4) is 0 Å². The van der Waals surface area contributed by atoms with Crippen LogP contribution in [0.2, 0.25) is 0 Å². The van der Waals surface area contributed by atoms with Crippen LogP contribution in [0.25, 0.3) is 0 Å². The Hall–Kier alpha value is -3.13. The van der Waals surface area contributed by atoms with E-state index < -0.39 is 36.2 Å². The van der Waals surface area contributed by atoms with Gasteiger partial charge in [0.2, 0.25) is 10.0 Å². The lowest BCUT2D eigenvalue weighted by Gasteiger charge is -2.29. The minimum atomic E-state index is -4.41. The van der Waals surface area contributed by atoms with Crippen molar-refractivity contribution in [3.63, 3.8) is 0 Å². The number of sulfonamides is 1. The zero-order chi connectivity index (χ0) is 29.2. The molecule has 0 aliphatic heterocycles. The van der Waals surface area contributed by atoms with E-state index in [1.54, 1.807) is 53.7 Å². The summed E-state index contributed by atoms with van der Waals surface area (Å²) in [7, 11) is -2.42. The highest BCUT2D eigenvalue weighted by molar-refractivity contribution is 8.14. The Bertz CT molecular complexity index is 1570. The van der Waals surface area contributed by atoms with E-state index in [4.69, 9.17) is 15.4 Å². The van der Waals surface area contributed by atoms with E-state index in [1.165, 1.54) is 42.9 Å². The Balaban J connectivity index is 2.14. The second kappa shape index (κ2) is 11.2. The summed E-state index contributed by atoms with van der Waals surface area (Å²) < 4.78 is 59.0. The SMILES string of the molecule is CC(C)(C)OC(=O)N(c1cccc(CNS(=O)(=O)c2cccnc2)n1)c1ccnc(C(C)(C)C)c1S(=O)(=O)Cl. The van der Waals surface area contributed by atoms with Gasteiger partial charge in [-0.05, 0) is 51.1 Å². The Morgan fingerprint density at radius 3 is 2.26 bits per heavy atom. The molecule has 3 rings (SSSR count). The summed E-state index contributed by atoms with van der Waals surface area (Å²) >= 11 is 0. The van der Waals surface area contributed by atoms with E-state index >= 15 is 0 Å². The van der Waals surface area contributed by atoms with Crippen LogP contribution in [-0.4, -0.2) is 43.5 Å². The van der Waals surface area contributed by atoms with Gasteiger partial charge in [0.1, 0.15) is 21.2 Å². The molecule has 0 saturated heterocycles. The van der Waals surface area contributed by atoms with Gasteiger partial charge >= 0.3 is 6.09 Å². The summed E-state index contributed by atoms with van der Waals surface area (Å²) in [5, 5.41) is 0. The number of carbonyl (C=O) groups is 1. The maximum absolute atomic E-state index is 13.5. The van der Waals surface area contributed by atoms with E-state index in [2.05, 4.69) is 19.7 Å². The van der Waals surface area contributed by atoms with Gasteiger partial charge in [-0.15, -0.1) is 0 Å². The minimum Gasteiger partial charge on any atom is -0.443 e. The first-order valence-corrected chi connectivity index (χ1v) is 15.5. The van der Waals surface area contributed by atoms with Gasteiger partial charge in [0.15, 0.2) is 0 Å². The highest BCUT2D eigenvalue weighted by Gasteiger charge is 2.35. The molecule has 0 atom stereocenters. The standard InChI is InChI=1S/C25H30ClN5O6S2/c1-24(2,3)22-21(38(26,33)34)19(12-14-28-22)31(23(32)37-25(4,5)6)20-11-7-9-17(30-20)15-29-39(35,36)18-10-8-13-27-16-18/h7-14,16,29H,15H2,1-6H3. The molecule has 39 heavy (non-hydrogen) atoms. The Morgan fingerprint density at radius 2 is 1.69 bits per heavy atom. The fourth-order valence-corrected chi connectivity index (χ4v) is 5.88. The Kier molecular flexibility index (Phi) is 8.70. The molecule has 0 aromatic carbocycles. The van der Waals surface area contributed by atoms with Crippen molar-refractivity contribution in [2.45, 2.75) is 68.9 Å². The zero-order valence-corrected chi connectivity index (χ0v) is 24.7. The van der Waals surface area contributed by atoms with Crippen LogP contribution in [0.15, 0.2) is 64.8 Å². The topological polar surface area (TPSA) is 149 Å². The molecule has 1 amide bonds. The predicted octanol–water partition coefficient (Wildman–Crippen LogP) is 4.65. The van der Waals surface area contributed by atoms with Gasteiger partial charge in [-0.3, -0.25) is 9.97 Å². The third kappa shape index (κ3) is 7.72. The van der Waals surface area contributed by atoms with Crippen molar-refractivity contribution in [1.82, 2.24) is 19.7 Å². The molecular weight excluding hydrogens is 566 g/mol. The summed E-state index contributed by atoms with van der Waals surface area (Å²) in [4.78, 5) is 26.6. The van der Waals surface area contributed by atoms with Crippen LogP contribution in [0.4, 0.5) is 16.3 Å². The van der Waals surface area contributed by atoms with Crippen LogP contribution >= 0.6 is 10.7 Å². The smallest absolute Gasteiger partial charge is 0.420 e. The van der Waals surface area contributed by atoms with Gasteiger partial charge < -0.3 is 4.74 Å². The van der Waals surface area contributed by atoms with Crippen molar-refractivity contribution in [2.75, 3.05) is 4.90 Å². The summed E-state index contributed by atoms with van der Waals surface area (Å²) in [6.45, 7) is 10.0. The predicted molar refractivity (Wildman–Crippen MR) is 147 cm³/mol. The number of nitrogens with one attached hydrogen (secondary N) is 1. The normalized spacial score (nSPS) is 12.7. The summed E-state index contributed by atoms with van der Waals surface area (Å²) in [5.74, 6) is -0.0186. The average molecular weight is 596 g/mol. The molecule has 0 bridgehead atoms. The fourth-order valence-electron chi connectivity index (χ4n) is 3.46. The molecule has 3 heterocycles. The highest BCUT2D eigenvalue weighted by atomic mass is 35.7. The number of aromatic nitrogens is 3. The van der Waals surface area contributed by atoms with Gasteiger partial charge in [0.25, 0.3) is 9.05 Å². The molecule has 0 radical (unpaired) electrons. The van der Waals surface area contributed by atoms with Crippen LogP contribution in [-0.2, 0) is 35.8 Å². The number of anilines is 2. The zero-order valence-electron chi connectivity index (χ0n) is 22.3. The maximum atomic E-state index is 13.5. The summed E-state index contributed by atoms with van der Waals surface area (Å²) in [6, 6.07) is 8.78. The van der Waals surface area contributed by atoms with Crippen molar-refractivity contribution in [2.24, 2.45) is 0 Å². The first kappa shape index (κ1) is 30.4. The molecule has 3 aromatic rings. The summed E-state index contributed by atoms with van der Waals surface area (Å²) in [5.41, 5.74) is -1.42. The van der Waals surface area contributed by atoms with Crippen LogP contribution in [0.3, 0.4) is 0 Å². The van der Waals surface area contributed by atoms with Crippen LogP contribution < -0.4 is 9.62 Å². The molecule has 0 unspecified atom stereocenters.